The molecule has 0 radical (unpaired) electrons. The van der Waals surface area contributed by atoms with Crippen molar-refractivity contribution in [1.29, 1.82) is 0 Å². The first kappa shape index (κ1) is 18.9. The van der Waals surface area contributed by atoms with Gasteiger partial charge in [0.1, 0.15) is 23.1 Å². The van der Waals surface area contributed by atoms with Crippen molar-refractivity contribution in [2.24, 2.45) is 0 Å². The van der Waals surface area contributed by atoms with E-state index in [0.29, 0.717) is 17.2 Å². The van der Waals surface area contributed by atoms with Gasteiger partial charge in [0.2, 0.25) is 0 Å². The van der Waals surface area contributed by atoms with Crippen LogP contribution in [0.15, 0.2) is 78.9 Å². The second-order valence-corrected chi connectivity index (χ2v) is 5.68. The molecule has 0 spiro atoms. The van der Waals surface area contributed by atoms with E-state index < -0.39 is 17.6 Å². The van der Waals surface area contributed by atoms with Crippen LogP contribution in [0.4, 0.5) is 4.39 Å². The Kier molecular flexibility index (Phi) is 6.20. The normalized spacial score (nSPS) is 10.0. The molecule has 0 fully saturated rings. The Morgan fingerprint density at radius 2 is 1.36 bits per heavy atom. The monoisotopic (exact) mass is 380 g/mol. The fraction of sp³-hybridized carbons (Fsp3) is 0.0476. The second-order valence-electron chi connectivity index (χ2n) is 5.68. The quantitative estimate of drug-likeness (QED) is 0.642. The van der Waals surface area contributed by atoms with Crippen LogP contribution in [0.1, 0.15) is 10.4 Å². The highest BCUT2D eigenvalue weighted by atomic mass is 19.1. The topological polar surface area (TPSA) is 76.7 Å². The Labute approximate surface area is 160 Å². The number of para-hydroxylation sites is 1. The maximum absolute atomic E-state index is 12.8. The Bertz CT molecular complexity index is 929. The van der Waals surface area contributed by atoms with Crippen LogP contribution < -0.4 is 20.3 Å². The third kappa shape index (κ3) is 5.57. The average Bonchev–Trinajstić information content (AvgIpc) is 2.73. The molecule has 0 saturated carbocycles. The minimum Gasteiger partial charge on any atom is -0.484 e. The van der Waals surface area contributed by atoms with E-state index in [-0.39, 0.29) is 12.2 Å². The number of carbonyl (C=O) groups excluding carboxylic acids is 2. The lowest BCUT2D eigenvalue weighted by molar-refractivity contribution is -0.123. The van der Waals surface area contributed by atoms with Crippen molar-refractivity contribution in [2.45, 2.75) is 0 Å². The number of hydrogen-bond acceptors (Lipinski definition) is 4. The predicted molar refractivity (Wildman–Crippen MR) is 100 cm³/mol. The first-order valence-electron chi connectivity index (χ1n) is 8.41. The molecule has 7 heteroatoms. The molecule has 0 aliphatic carbocycles. The summed E-state index contributed by atoms with van der Waals surface area (Å²) in [6.45, 7) is -0.289. The maximum atomic E-state index is 12.8. The number of rotatable bonds is 6. The third-order valence-electron chi connectivity index (χ3n) is 3.59. The second kappa shape index (κ2) is 9.18. The first-order chi connectivity index (χ1) is 13.6. The van der Waals surface area contributed by atoms with Crippen molar-refractivity contribution in [1.82, 2.24) is 10.9 Å². The minimum absolute atomic E-state index is 0.219. The number of carbonyl (C=O) groups is 2. The summed E-state index contributed by atoms with van der Waals surface area (Å²) in [5.41, 5.74) is 4.68. The molecular formula is C21H17FN2O4. The van der Waals surface area contributed by atoms with Crippen LogP contribution in [0.25, 0.3) is 0 Å². The van der Waals surface area contributed by atoms with Gasteiger partial charge in [-0.15, -0.1) is 0 Å². The molecule has 0 saturated heterocycles. The van der Waals surface area contributed by atoms with E-state index in [2.05, 4.69) is 10.9 Å². The molecule has 3 aromatic rings. The molecule has 28 heavy (non-hydrogen) atoms. The zero-order valence-corrected chi connectivity index (χ0v) is 14.7. The molecule has 0 heterocycles. The summed E-state index contributed by atoms with van der Waals surface area (Å²) >= 11 is 0. The molecule has 3 aromatic carbocycles. The van der Waals surface area contributed by atoms with Crippen LogP contribution in [-0.4, -0.2) is 18.4 Å². The zero-order chi connectivity index (χ0) is 19.8. The number of ether oxygens (including phenoxy) is 2. The van der Waals surface area contributed by atoms with Crippen molar-refractivity contribution in [3.8, 4) is 17.2 Å². The molecule has 0 unspecified atom stereocenters. The highest BCUT2D eigenvalue weighted by Crippen LogP contribution is 2.23. The lowest BCUT2D eigenvalue weighted by Crippen LogP contribution is -2.43. The highest BCUT2D eigenvalue weighted by Gasteiger charge is 2.08. The number of hydrogen-bond donors (Lipinski definition) is 2. The highest BCUT2D eigenvalue weighted by molar-refractivity contribution is 5.95. The van der Waals surface area contributed by atoms with Crippen molar-refractivity contribution >= 4 is 11.8 Å². The maximum Gasteiger partial charge on any atom is 0.276 e. The van der Waals surface area contributed by atoms with Crippen molar-refractivity contribution in [3.05, 3.63) is 90.2 Å². The van der Waals surface area contributed by atoms with E-state index >= 15 is 0 Å². The van der Waals surface area contributed by atoms with Crippen molar-refractivity contribution < 1.29 is 23.5 Å². The Hall–Kier alpha value is -3.87. The standard InChI is InChI=1S/C21H17FN2O4/c22-16-8-6-15(7-9-16)21(26)24-23-20(25)14-27-17-10-12-19(13-11-17)28-18-4-2-1-3-5-18/h1-13H,14H2,(H,23,25)(H,24,26). The van der Waals surface area contributed by atoms with E-state index in [1.54, 1.807) is 24.3 Å². The zero-order valence-electron chi connectivity index (χ0n) is 14.7. The summed E-state index contributed by atoms with van der Waals surface area (Å²) in [7, 11) is 0. The Morgan fingerprint density at radius 3 is 2.04 bits per heavy atom. The van der Waals surface area contributed by atoms with Gasteiger partial charge in [-0.05, 0) is 60.7 Å². The van der Waals surface area contributed by atoms with Crippen LogP contribution in [-0.2, 0) is 4.79 Å². The molecule has 0 bridgehead atoms. The van der Waals surface area contributed by atoms with E-state index in [4.69, 9.17) is 9.47 Å². The molecular weight excluding hydrogens is 363 g/mol. The van der Waals surface area contributed by atoms with Crippen LogP contribution in [0.2, 0.25) is 0 Å². The van der Waals surface area contributed by atoms with E-state index in [9.17, 15) is 14.0 Å². The lowest BCUT2D eigenvalue weighted by Gasteiger charge is -2.10. The summed E-state index contributed by atoms with van der Waals surface area (Å²) < 4.78 is 23.9. The molecule has 6 nitrogen and oxygen atoms in total. The molecule has 142 valence electrons. The van der Waals surface area contributed by atoms with Gasteiger partial charge in [-0.1, -0.05) is 18.2 Å². The number of nitrogens with one attached hydrogen (secondary N) is 2. The number of amides is 2. The summed E-state index contributed by atoms with van der Waals surface area (Å²) in [4.78, 5) is 23.6. The predicted octanol–water partition coefficient (Wildman–Crippen LogP) is 3.46. The first-order valence-corrected chi connectivity index (χ1v) is 8.41. The fourth-order valence-corrected chi connectivity index (χ4v) is 2.21. The number of halogens is 1. The summed E-state index contributed by atoms with van der Waals surface area (Å²) in [5.74, 6) is 0.271. The van der Waals surface area contributed by atoms with Crippen LogP contribution in [0.5, 0.6) is 17.2 Å². The van der Waals surface area contributed by atoms with Crippen molar-refractivity contribution in [2.75, 3.05) is 6.61 Å². The van der Waals surface area contributed by atoms with E-state index in [1.807, 2.05) is 30.3 Å². The SMILES string of the molecule is O=C(COc1ccc(Oc2ccccc2)cc1)NNC(=O)c1ccc(F)cc1. The Morgan fingerprint density at radius 1 is 0.750 bits per heavy atom. The van der Waals surface area contributed by atoms with Gasteiger partial charge in [-0.25, -0.2) is 4.39 Å². The van der Waals surface area contributed by atoms with Gasteiger partial charge >= 0.3 is 0 Å². The molecule has 0 aliphatic rings. The van der Waals surface area contributed by atoms with Gasteiger partial charge in [0.15, 0.2) is 6.61 Å². The number of hydrazine groups is 1. The third-order valence-corrected chi connectivity index (χ3v) is 3.59. The Balaban J connectivity index is 1.42. The van der Waals surface area contributed by atoms with E-state index in [0.717, 1.165) is 12.1 Å². The van der Waals surface area contributed by atoms with Gasteiger partial charge in [0.25, 0.3) is 11.8 Å². The van der Waals surface area contributed by atoms with Crippen molar-refractivity contribution in [3.63, 3.8) is 0 Å². The molecule has 0 aromatic heterocycles. The largest absolute Gasteiger partial charge is 0.484 e. The minimum atomic E-state index is -0.559. The van der Waals surface area contributed by atoms with Crippen LogP contribution in [0, 0.1) is 5.82 Å². The van der Waals surface area contributed by atoms with Gasteiger partial charge in [-0.3, -0.25) is 20.4 Å². The summed E-state index contributed by atoms with van der Waals surface area (Å²) in [6, 6.07) is 21.1. The average molecular weight is 380 g/mol. The number of benzene rings is 3. The molecule has 0 atom stereocenters. The lowest BCUT2D eigenvalue weighted by atomic mass is 10.2. The smallest absolute Gasteiger partial charge is 0.276 e. The van der Waals surface area contributed by atoms with Gasteiger partial charge in [0.05, 0.1) is 0 Å². The van der Waals surface area contributed by atoms with Gasteiger partial charge in [0, 0.05) is 5.56 Å². The molecule has 2 N–H and O–H groups in total. The van der Waals surface area contributed by atoms with Crippen LogP contribution >= 0.6 is 0 Å². The van der Waals surface area contributed by atoms with Gasteiger partial charge in [-0.2, -0.15) is 0 Å². The summed E-state index contributed by atoms with van der Waals surface area (Å²) in [5, 5.41) is 0. The fourth-order valence-electron chi connectivity index (χ4n) is 2.21. The molecule has 2 amide bonds. The molecule has 0 aliphatic heterocycles. The summed E-state index contributed by atoms with van der Waals surface area (Å²) in [6.07, 6.45) is 0. The van der Waals surface area contributed by atoms with Crippen LogP contribution in [0.3, 0.4) is 0 Å². The molecule has 3 rings (SSSR count). The van der Waals surface area contributed by atoms with E-state index in [1.165, 1.54) is 12.1 Å². The van der Waals surface area contributed by atoms with Gasteiger partial charge < -0.3 is 9.47 Å².